The molecule has 14 heavy (non-hydrogen) atoms. The molecule has 0 amide bonds. The zero-order valence-corrected chi connectivity index (χ0v) is 8.64. The number of hydrogen-bond donors (Lipinski definition) is 0. The second kappa shape index (κ2) is 2.79. The molecular formula is C12H9NS. The van der Waals surface area contributed by atoms with E-state index in [9.17, 15) is 0 Å². The number of hydrogen-bond acceptors (Lipinski definition) is 2. The second-order valence-corrected chi connectivity index (χ2v) is 4.36. The molecule has 0 bridgehead atoms. The van der Waals surface area contributed by atoms with E-state index in [0.29, 0.717) is 0 Å². The zero-order chi connectivity index (χ0) is 9.54. The van der Waals surface area contributed by atoms with E-state index in [-0.39, 0.29) is 0 Å². The van der Waals surface area contributed by atoms with Crippen LogP contribution in [0.2, 0.25) is 0 Å². The highest BCUT2D eigenvalue weighted by Gasteiger charge is 2.01. The van der Waals surface area contributed by atoms with Crippen LogP contribution in [0.3, 0.4) is 0 Å². The topological polar surface area (TPSA) is 12.9 Å². The summed E-state index contributed by atoms with van der Waals surface area (Å²) >= 11 is 1.78. The highest BCUT2D eigenvalue weighted by atomic mass is 32.1. The normalized spacial score (nSPS) is 11.2. The predicted octanol–water partition coefficient (Wildman–Crippen LogP) is 3.76. The van der Waals surface area contributed by atoms with Gasteiger partial charge in [-0.25, -0.2) is 0 Å². The fraction of sp³-hybridized carbons (Fsp3) is 0.0833. The average molecular weight is 199 g/mol. The summed E-state index contributed by atoms with van der Waals surface area (Å²) in [6.07, 6.45) is 0. The van der Waals surface area contributed by atoms with E-state index in [1.807, 2.05) is 6.92 Å². The van der Waals surface area contributed by atoms with E-state index in [0.717, 1.165) is 11.2 Å². The summed E-state index contributed by atoms with van der Waals surface area (Å²) in [5.74, 6) is 0. The third kappa shape index (κ3) is 1.04. The highest BCUT2D eigenvalue weighted by molar-refractivity contribution is 7.17. The number of fused-ring (bicyclic) bond motifs is 3. The summed E-state index contributed by atoms with van der Waals surface area (Å²) < 4.78 is 1.34. The monoisotopic (exact) mass is 199 g/mol. The molecule has 0 aliphatic rings. The molecule has 68 valence electrons. The lowest BCUT2D eigenvalue weighted by Crippen LogP contribution is -1.82. The lowest BCUT2D eigenvalue weighted by Gasteiger charge is -1.99. The summed E-state index contributed by atoms with van der Waals surface area (Å²) in [6, 6.07) is 10.6. The summed E-state index contributed by atoms with van der Waals surface area (Å²) in [4.78, 5) is 4.51. The first-order valence-corrected chi connectivity index (χ1v) is 5.46. The second-order valence-electron chi connectivity index (χ2n) is 3.42. The number of benzene rings is 1. The molecule has 3 rings (SSSR count). The zero-order valence-electron chi connectivity index (χ0n) is 7.82. The van der Waals surface area contributed by atoms with Crippen molar-refractivity contribution in [2.45, 2.75) is 6.92 Å². The first-order valence-electron chi connectivity index (χ1n) is 4.58. The Kier molecular flexibility index (Phi) is 1.58. The Morgan fingerprint density at radius 3 is 2.86 bits per heavy atom. The fourth-order valence-corrected chi connectivity index (χ4v) is 2.56. The van der Waals surface area contributed by atoms with E-state index in [1.165, 1.54) is 15.5 Å². The molecule has 0 aliphatic carbocycles. The Balaban J connectivity index is 2.57. The molecule has 1 aromatic carbocycles. The van der Waals surface area contributed by atoms with Crippen molar-refractivity contribution >= 4 is 32.3 Å². The van der Waals surface area contributed by atoms with E-state index in [2.05, 4.69) is 40.7 Å². The molecule has 2 heterocycles. The van der Waals surface area contributed by atoms with Crippen molar-refractivity contribution in [2.24, 2.45) is 0 Å². The summed E-state index contributed by atoms with van der Waals surface area (Å²) in [5.41, 5.74) is 2.17. The van der Waals surface area contributed by atoms with Crippen molar-refractivity contribution in [1.82, 2.24) is 4.98 Å². The largest absolute Gasteiger partial charge is 0.253 e. The molecule has 3 aromatic rings. The van der Waals surface area contributed by atoms with Crippen LogP contribution in [-0.4, -0.2) is 4.98 Å². The van der Waals surface area contributed by atoms with Crippen LogP contribution < -0.4 is 0 Å². The summed E-state index contributed by atoms with van der Waals surface area (Å²) in [6.45, 7) is 2.03. The number of thiophene rings is 1. The van der Waals surface area contributed by atoms with Crippen molar-refractivity contribution in [3.8, 4) is 0 Å². The Bertz CT molecular complexity index is 610. The van der Waals surface area contributed by atoms with Crippen LogP contribution in [0.5, 0.6) is 0 Å². The van der Waals surface area contributed by atoms with Crippen LogP contribution in [-0.2, 0) is 0 Å². The molecule has 0 fully saturated rings. The minimum Gasteiger partial charge on any atom is -0.253 e. The van der Waals surface area contributed by atoms with Gasteiger partial charge in [0.2, 0.25) is 0 Å². The molecule has 0 radical (unpaired) electrons. The van der Waals surface area contributed by atoms with E-state index in [4.69, 9.17) is 0 Å². The molecule has 0 aliphatic heterocycles. The number of nitrogens with zero attached hydrogens (tertiary/aromatic N) is 1. The maximum absolute atomic E-state index is 4.51. The Hall–Kier alpha value is -1.41. The van der Waals surface area contributed by atoms with Gasteiger partial charge in [0, 0.05) is 21.2 Å². The quantitative estimate of drug-likeness (QED) is 0.537. The smallest absolute Gasteiger partial charge is 0.0712 e. The molecule has 0 N–H and O–H groups in total. The summed E-state index contributed by atoms with van der Waals surface area (Å²) in [7, 11) is 0. The van der Waals surface area contributed by atoms with Gasteiger partial charge >= 0.3 is 0 Å². The summed E-state index contributed by atoms with van der Waals surface area (Å²) in [5, 5.41) is 4.71. The van der Waals surface area contributed by atoms with Gasteiger partial charge in [-0.15, -0.1) is 11.3 Å². The Morgan fingerprint density at radius 1 is 1.00 bits per heavy atom. The molecule has 2 heteroatoms. The Labute approximate surface area is 86.0 Å². The average Bonchev–Trinajstić information content (AvgIpc) is 2.65. The van der Waals surface area contributed by atoms with Gasteiger partial charge in [-0.3, -0.25) is 4.98 Å². The predicted molar refractivity (Wildman–Crippen MR) is 61.9 cm³/mol. The number of rotatable bonds is 0. The SMILES string of the molecule is Cc1ccc2c(ccc3sccc32)n1. The fourth-order valence-electron chi connectivity index (χ4n) is 1.76. The van der Waals surface area contributed by atoms with Crippen molar-refractivity contribution in [2.75, 3.05) is 0 Å². The van der Waals surface area contributed by atoms with E-state index < -0.39 is 0 Å². The van der Waals surface area contributed by atoms with Crippen LogP contribution in [0, 0.1) is 6.92 Å². The van der Waals surface area contributed by atoms with Gasteiger partial charge in [-0.1, -0.05) is 6.07 Å². The van der Waals surface area contributed by atoms with Gasteiger partial charge in [0.25, 0.3) is 0 Å². The third-order valence-corrected chi connectivity index (χ3v) is 3.32. The first-order chi connectivity index (χ1) is 6.84. The highest BCUT2D eigenvalue weighted by Crippen LogP contribution is 2.28. The number of pyridine rings is 1. The van der Waals surface area contributed by atoms with Gasteiger partial charge in [-0.2, -0.15) is 0 Å². The first kappa shape index (κ1) is 7.94. The molecule has 0 unspecified atom stereocenters. The number of aryl methyl sites for hydroxylation is 1. The molecule has 0 saturated carbocycles. The maximum Gasteiger partial charge on any atom is 0.0712 e. The molecule has 0 atom stereocenters. The molecule has 2 aromatic heterocycles. The Morgan fingerprint density at radius 2 is 1.93 bits per heavy atom. The maximum atomic E-state index is 4.51. The number of aromatic nitrogens is 1. The van der Waals surface area contributed by atoms with Gasteiger partial charge in [0.1, 0.15) is 0 Å². The van der Waals surface area contributed by atoms with Crippen LogP contribution in [0.1, 0.15) is 5.69 Å². The van der Waals surface area contributed by atoms with Crippen molar-refractivity contribution in [1.29, 1.82) is 0 Å². The lowest BCUT2D eigenvalue weighted by atomic mass is 10.1. The lowest BCUT2D eigenvalue weighted by molar-refractivity contribution is 1.26. The standard InChI is InChI=1S/C12H9NS/c1-8-2-3-9-10-6-7-14-12(10)5-4-11(9)13-8/h2-7H,1H3. The van der Waals surface area contributed by atoms with Crippen LogP contribution in [0.4, 0.5) is 0 Å². The minimum atomic E-state index is 1.08. The van der Waals surface area contributed by atoms with Gasteiger partial charge in [0.05, 0.1) is 5.52 Å². The van der Waals surface area contributed by atoms with Crippen LogP contribution in [0.25, 0.3) is 21.0 Å². The van der Waals surface area contributed by atoms with Gasteiger partial charge in [-0.05, 0) is 36.6 Å². The minimum absolute atomic E-state index is 1.08. The van der Waals surface area contributed by atoms with Crippen molar-refractivity contribution < 1.29 is 0 Å². The molecule has 1 nitrogen and oxygen atoms in total. The van der Waals surface area contributed by atoms with Crippen LogP contribution >= 0.6 is 11.3 Å². The molecular weight excluding hydrogens is 190 g/mol. The van der Waals surface area contributed by atoms with Crippen molar-refractivity contribution in [3.05, 3.63) is 41.4 Å². The molecule has 0 spiro atoms. The van der Waals surface area contributed by atoms with Crippen molar-refractivity contribution in [3.63, 3.8) is 0 Å². The molecule has 0 saturated heterocycles. The van der Waals surface area contributed by atoms with Gasteiger partial charge in [0.15, 0.2) is 0 Å². The third-order valence-electron chi connectivity index (χ3n) is 2.44. The van der Waals surface area contributed by atoms with E-state index in [1.54, 1.807) is 11.3 Å². The van der Waals surface area contributed by atoms with E-state index >= 15 is 0 Å². The van der Waals surface area contributed by atoms with Gasteiger partial charge < -0.3 is 0 Å². The van der Waals surface area contributed by atoms with Crippen LogP contribution in [0.15, 0.2) is 35.7 Å².